The van der Waals surface area contributed by atoms with Crippen LogP contribution in [-0.2, 0) is 0 Å². The predicted octanol–water partition coefficient (Wildman–Crippen LogP) is 2.16. The van der Waals surface area contributed by atoms with Crippen molar-refractivity contribution in [2.24, 2.45) is 5.41 Å². The molecule has 1 fully saturated rings. The lowest BCUT2D eigenvalue weighted by Crippen LogP contribution is -2.54. The summed E-state index contributed by atoms with van der Waals surface area (Å²) in [6, 6.07) is 1.23. The highest BCUT2D eigenvalue weighted by Gasteiger charge is 2.27. The number of nitrogens with one attached hydrogen (secondary N) is 1. The van der Waals surface area contributed by atoms with Gasteiger partial charge in [-0.2, -0.15) is 0 Å². The fraction of sp³-hybridized carbons (Fsp3) is 1.00. The Balaban J connectivity index is 2.46. The van der Waals surface area contributed by atoms with Crippen LogP contribution in [0.2, 0.25) is 0 Å². The molecule has 0 spiro atoms. The second-order valence-corrected chi connectivity index (χ2v) is 5.69. The number of hydrogen-bond donors (Lipinski definition) is 2. The molecule has 0 aromatic heterocycles. The van der Waals surface area contributed by atoms with Gasteiger partial charge in [-0.3, -0.25) is 5.43 Å². The summed E-state index contributed by atoms with van der Waals surface area (Å²) in [4.78, 5) is 0. The van der Waals surface area contributed by atoms with E-state index in [9.17, 15) is 5.11 Å². The Bertz CT molecular complexity index is 194. The zero-order valence-electron chi connectivity index (χ0n) is 11.3. The van der Waals surface area contributed by atoms with E-state index in [0.717, 1.165) is 13.0 Å². The van der Waals surface area contributed by atoms with Crippen LogP contribution in [0.1, 0.15) is 53.4 Å². The van der Waals surface area contributed by atoms with E-state index in [1.54, 1.807) is 0 Å². The van der Waals surface area contributed by atoms with E-state index in [1.165, 1.54) is 19.3 Å². The molecule has 0 aliphatic carbocycles. The maximum atomic E-state index is 9.39. The summed E-state index contributed by atoms with van der Waals surface area (Å²) in [5.74, 6) is 0. The fourth-order valence-corrected chi connectivity index (χ4v) is 2.31. The third-order valence-corrected chi connectivity index (χ3v) is 4.12. The second-order valence-electron chi connectivity index (χ2n) is 5.69. The zero-order chi connectivity index (χ0) is 12.2. The highest BCUT2D eigenvalue weighted by molar-refractivity contribution is 4.80. The SMILES string of the molecule is CCC(C)(CO)CNN1C(C)CCCC1C. The summed E-state index contributed by atoms with van der Waals surface area (Å²) in [5.41, 5.74) is 3.55. The molecule has 0 radical (unpaired) electrons. The van der Waals surface area contributed by atoms with Crippen LogP contribution in [0, 0.1) is 5.41 Å². The summed E-state index contributed by atoms with van der Waals surface area (Å²) in [7, 11) is 0. The third kappa shape index (κ3) is 3.44. The lowest BCUT2D eigenvalue weighted by Gasteiger charge is -2.41. The molecular weight excluding hydrogens is 200 g/mol. The number of nitrogens with zero attached hydrogens (tertiary/aromatic N) is 1. The number of aliphatic hydroxyl groups excluding tert-OH is 1. The summed E-state index contributed by atoms with van der Waals surface area (Å²) < 4.78 is 0. The standard InChI is InChI=1S/C13H28N2O/c1-5-13(4,10-16)9-14-15-11(2)7-6-8-12(15)3/h11-12,14,16H,5-10H2,1-4H3. The first kappa shape index (κ1) is 13.9. The van der Waals surface area contributed by atoms with Crippen LogP contribution >= 0.6 is 0 Å². The van der Waals surface area contributed by atoms with E-state index in [1.807, 2.05) is 0 Å². The minimum atomic E-state index is 0.0108. The topological polar surface area (TPSA) is 35.5 Å². The molecule has 96 valence electrons. The molecule has 0 bridgehead atoms. The van der Waals surface area contributed by atoms with Crippen LogP contribution in [0.25, 0.3) is 0 Å². The number of piperidine rings is 1. The van der Waals surface area contributed by atoms with Gasteiger partial charge in [0.05, 0.1) is 0 Å². The first-order chi connectivity index (χ1) is 7.52. The van der Waals surface area contributed by atoms with Gasteiger partial charge in [-0.15, -0.1) is 0 Å². The quantitative estimate of drug-likeness (QED) is 0.757. The summed E-state index contributed by atoms with van der Waals surface area (Å²) in [6.07, 6.45) is 4.90. The van der Waals surface area contributed by atoms with Gasteiger partial charge in [-0.05, 0) is 33.1 Å². The van der Waals surface area contributed by atoms with E-state index in [-0.39, 0.29) is 12.0 Å². The molecule has 0 amide bonds. The van der Waals surface area contributed by atoms with Crippen LogP contribution in [0.15, 0.2) is 0 Å². The van der Waals surface area contributed by atoms with Crippen molar-refractivity contribution < 1.29 is 5.11 Å². The number of rotatable bonds is 5. The predicted molar refractivity (Wildman–Crippen MR) is 68.1 cm³/mol. The molecule has 3 unspecified atom stereocenters. The lowest BCUT2D eigenvalue weighted by molar-refractivity contribution is 0.0185. The minimum Gasteiger partial charge on any atom is -0.396 e. The maximum absolute atomic E-state index is 9.39. The van der Waals surface area contributed by atoms with Gasteiger partial charge >= 0.3 is 0 Å². The van der Waals surface area contributed by atoms with Crippen molar-refractivity contribution >= 4 is 0 Å². The maximum Gasteiger partial charge on any atom is 0.0497 e. The number of hydrazine groups is 1. The Morgan fingerprint density at radius 1 is 1.31 bits per heavy atom. The van der Waals surface area contributed by atoms with E-state index >= 15 is 0 Å². The van der Waals surface area contributed by atoms with Crippen LogP contribution in [0.5, 0.6) is 0 Å². The highest BCUT2D eigenvalue weighted by Crippen LogP contribution is 2.23. The van der Waals surface area contributed by atoms with E-state index in [4.69, 9.17) is 0 Å². The van der Waals surface area contributed by atoms with Crippen molar-refractivity contribution in [2.45, 2.75) is 65.5 Å². The van der Waals surface area contributed by atoms with Crippen LogP contribution in [0.3, 0.4) is 0 Å². The van der Waals surface area contributed by atoms with Crippen molar-refractivity contribution in [1.82, 2.24) is 10.4 Å². The number of aliphatic hydroxyl groups is 1. The Hall–Kier alpha value is -0.120. The van der Waals surface area contributed by atoms with Crippen molar-refractivity contribution in [3.05, 3.63) is 0 Å². The molecule has 1 heterocycles. The molecule has 3 nitrogen and oxygen atoms in total. The highest BCUT2D eigenvalue weighted by atomic mass is 16.3. The van der Waals surface area contributed by atoms with Crippen molar-refractivity contribution in [1.29, 1.82) is 0 Å². The Kier molecular flexibility index (Phi) is 5.22. The molecule has 0 aromatic rings. The molecule has 1 rings (SSSR count). The average Bonchev–Trinajstić information content (AvgIpc) is 2.28. The van der Waals surface area contributed by atoms with E-state index < -0.39 is 0 Å². The molecule has 16 heavy (non-hydrogen) atoms. The molecule has 3 atom stereocenters. The summed E-state index contributed by atoms with van der Waals surface area (Å²) in [6.45, 7) is 9.97. The third-order valence-electron chi connectivity index (χ3n) is 4.12. The molecule has 1 aliphatic heterocycles. The monoisotopic (exact) mass is 228 g/mol. The molecule has 1 saturated heterocycles. The first-order valence-corrected chi connectivity index (χ1v) is 6.65. The lowest BCUT2D eigenvalue weighted by atomic mass is 9.89. The van der Waals surface area contributed by atoms with Crippen molar-refractivity contribution in [3.63, 3.8) is 0 Å². The van der Waals surface area contributed by atoms with Gasteiger partial charge in [-0.25, -0.2) is 5.01 Å². The van der Waals surface area contributed by atoms with Crippen molar-refractivity contribution in [2.75, 3.05) is 13.2 Å². The van der Waals surface area contributed by atoms with Crippen molar-refractivity contribution in [3.8, 4) is 0 Å². The summed E-state index contributed by atoms with van der Waals surface area (Å²) in [5, 5.41) is 11.8. The van der Waals surface area contributed by atoms with Crippen LogP contribution < -0.4 is 5.43 Å². The van der Waals surface area contributed by atoms with E-state index in [2.05, 4.69) is 38.1 Å². The van der Waals surface area contributed by atoms with Gasteiger partial charge in [0.25, 0.3) is 0 Å². The number of hydrogen-bond acceptors (Lipinski definition) is 3. The van der Waals surface area contributed by atoms with Crippen LogP contribution in [0.4, 0.5) is 0 Å². The zero-order valence-corrected chi connectivity index (χ0v) is 11.3. The van der Waals surface area contributed by atoms with Gasteiger partial charge in [-0.1, -0.05) is 20.3 Å². The van der Waals surface area contributed by atoms with Gasteiger partial charge in [0.15, 0.2) is 0 Å². The van der Waals surface area contributed by atoms with Gasteiger partial charge in [0.1, 0.15) is 0 Å². The van der Waals surface area contributed by atoms with Crippen LogP contribution in [-0.4, -0.2) is 35.4 Å². The van der Waals surface area contributed by atoms with Gasteiger partial charge in [0.2, 0.25) is 0 Å². The Morgan fingerprint density at radius 2 is 1.88 bits per heavy atom. The summed E-state index contributed by atoms with van der Waals surface area (Å²) >= 11 is 0. The smallest absolute Gasteiger partial charge is 0.0497 e. The normalized spacial score (nSPS) is 31.3. The molecule has 1 aliphatic rings. The van der Waals surface area contributed by atoms with E-state index in [0.29, 0.717) is 12.1 Å². The second kappa shape index (κ2) is 5.99. The Labute approximate surface area is 100 Å². The molecular formula is C13H28N2O. The molecule has 3 heteroatoms. The van der Waals surface area contributed by atoms with Gasteiger partial charge < -0.3 is 5.11 Å². The first-order valence-electron chi connectivity index (χ1n) is 6.65. The fourth-order valence-electron chi connectivity index (χ4n) is 2.31. The average molecular weight is 228 g/mol. The minimum absolute atomic E-state index is 0.0108. The van der Waals surface area contributed by atoms with Gasteiger partial charge in [0, 0.05) is 30.7 Å². The molecule has 0 saturated carbocycles. The molecule has 0 aromatic carbocycles. The largest absolute Gasteiger partial charge is 0.396 e. The Morgan fingerprint density at radius 3 is 2.31 bits per heavy atom. The molecule has 2 N–H and O–H groups in total.